The summed E-state index contributed by atoms with van der Waals surface area (Å²) in [5, 5.41) is 14.2. The standard InChI is InChI=1S/C14H27N3O4/c1-3-5-7-10(6-4-2)16-14(21)17-11(13(19)20)8-9-12(15)18/h10-11H,3-9H2,1-2H3,(H2,15,18)(H,19,20)(H2,16,17,21)/t10?,11-/m1/s1. The molecule has 0 bridgehead atoms. The minimum Gasteiger partial charge on any atom is -0.480 e. The lowest BCUT2D eigenvalue weighted by atomic mass is 10.1. The fourth-order valence-corrected chi connectivity index (χ4v) is 2.02. The summed E-state index contributed by atoms with van der Waals surface area (Å²) < 4.78 is 0. The molecule has 21 heavy (non-hydrogen) atoms. The number of nitrogens with one attached hydrogen (secondary N) is 2. The molecule has 5 N–H and O–H groups in total. The first-order valence-electron chi connectivity index (χ1n) is 7.48. The average molecular weight is 301 g/mol. The molecule has 0 aromatic carbocycles. The second-order valence-electron chi connectivity index (χ2n) is 5.14. The van der Waals surface area contributed by atoms with Gasteiger partial charge in [-0.1, -0.05) is 33.1 Å². The van der Waals surface area contributed by atoms with Crippen LogP contribution in [0.25, 0.3) is 0 Å². The third-order valence-corrected chi connectivity index (χ3v) is 3.16. The van der Waals surface area contributed by atoms with E-state index in [1.807, 2.05) is 6.92 Å². The average Bonchev–Trinajstić information content (AvgIpc) is 2.40. The molecular formula is C14H27N3O4. The zero-order chi connectivity index (χ0) is 16.3. The molecule has 0 saturated heterocycles. The van der Waals surface area contributed by atoms with Crippen LogP contribution in [0.5, 0.6) is 0 Å². The van der Waals surface area contributed by atoms with E-state index in [1.165, 1.54) is 0 Å². The molecule has 0 heterocycles. The maximum Gasteiger partial charge on any atom is 0.326 e. The first-order valence-corrected chi connectivity index (χ1v) is 7.48. The highest BCUT2D eigenvalue weighted by Crippen LogP contribution is 2.07. The van der Waals surface area contributed by atoms with Crippen molar-refractivity contribution >= 4 is 17.9 Å². The van der Waals surface area contributed by atoms with Crippen molar-refractivity contribution in [1.29, 1.82) is 0 Å². The van der Waals surface area contributed by atoms with Crippen LogP contribution in [0.4, 0.5) is 4.79 Å². The number of hydrogen-bond acceptors (Lipinski definition) is 3. The van der Waals surface area contributed by atoms with Crippen molar-refractivity contribution in [1.82, 2.24) is 10.6 Å². The molecule has 0 aliphatic heterocycles. The van der Waals surface area contributed by atoms with Crippen LogP contribution in [-0.4, -0.2) is 35.1 Å². The summed E-state index contributed by atoms with van der Waals surface area (Å²) in [5.74, 6) is -1.76. The molecule has 0 radical (unpaired) electrons. The lowest BCUT2D eigenvalue weighted by molar-refractivity contribution is -0.139. The first-order chi connectivity index (χ1) is 9.90. The summed E-state index contributed by atoms with van der Waals surface area (Å²) in [6.07, 6.45) is 4.63. The third kappa shape index (κ3) is 9.70. The number of urea groups is 1. The molecular weight excluding hydrogens is 274 g/mol. The number of carboxylic acids is 1. The molecule has 0 fully saturated rings. The molecule has 7 heteroatoms. The van der Waals surface area contributed by atoms with E-state index in [2.05, 4.69) is 17.6 Å². The molecule has 0 rings (SSSR count). The summed E-state index contributed by atoms with van der Waals surface area (Å²) in [7, 11) is 0. The van der Waals surface area contributed by atoms with E-state index in [0.29, 0.717) is 0 Å². The maximum atomic E-state index is 11.8. The van der Waals surface area contributed by atoms with Crippen molar-refractivity contribution in [2.75, 3.05) is 0 Å². The molecule has 0 spiro atoms. The van der Waals surface area contributed by atoms with Crippen LogP contribution in [0.15, 0.2) is 0 Å². The van der Waals surface area contributed by atoms with E-state index in [4.69, 9.17) is 10.8 Å². The van der Waals surface area contributed by atoms with E-state index in [9.17, 15) is 14.4 Å². The number of amides is 3. The number of carbonyl (C=O) groups is 3. The van der Waals surface area contributed by atoms with Crippen molar-refractivity contribution < 1.29 is 19.5 Å². The summed E-state index contributed by atoms with van der Waals surface area (Å²) in [6.45, 7) is 4.11. The molecule has 0 aliphatic rings. The van der Waals surface area contributed by atoms with E-state index in [-0.39, 0.29) is 18.9 Å². The van der Waals surface area contributed by atoms with Gasteiger partial charge in [0.1, 0.15) is 6.04 Å². The number of carbonyl (C=O) groups excluding carboxylic acids is 2. The van der Waals surface area contributed by atoms with Crippen molar-refractivity contribution in [3.05, 3.63) is 0 Å². The normalized spacial score (nSPS) is 13.2. The SMILES string of the molecule is CCCCC(CCC)NC(=O)N[C@H](CCC(N)=O)C(=O)O. The minimum absolute atomic E-state index is 0.00844. The molecule has 2 atom stereocenters. The van der Waals surface area contributed by atoms with Gasteiger partial charge in [0, 0.05) is 12.5 Å². The van der Waals surface area contributed by atoms with E-state index < -0.39 is 23.9 Å². The number of primary amides is 1. The Morgan fingerprint density at radius 1 is 1.05 bits per heavy atom. The van der Waals surface area contributed by atoms with Gasteiger partial charge in [-0.05, 0) is 19.3 Å². The number of rotatable bonds is 11. The number of hydrogen-bond donors (Lipinski definition) is 4. The highest BCUT2D eigenvalue weighted by atomic mass is 16.4. The minimum atomic E-state index is -1.17. The Labute approximate surface area is 125 Å². The van der Waals surface area contributed by atoms with Crippen molar-refractivity contribution in [3.8, 4) is 0 Å². The number of aliphatic carboxylic acids is 1. The summed E-state index contributed by atoms with van der Waals surface area (Å²) >= 11 is 0. The Hall–Kier alpha value is -1.79. The second kappa shape index (κ2) is 10.9. The molecule has 1 unspecified atom stereocenters. The third-order valence-electron chi connectivity index (χ3n) is 3.16. The Balaban J connectivity index is 4.37. The van der Waals surface area contributed by atoms with Gasteiger partial charge in [-0.2, -0.15) is 0 Å². The van der Waals surface area contributed by atoms with Gasteiger partial charge >= 0.3 is 12.0 Å². The van der Waals surface area contributed by atoms with Gasteiger partial charge in [0.2, 0.25) is 5.91 Å². The number of carboxylic acid groups (broad SMARTS) is 1. The maximum absolute atomic E-state index is 11.8. The van der Waals surface area contributed by atoms with Gasteiger partial charge < -0.3 is 21.5 Å². The lowest BCUT2D eigenvalue weighted by Crippen LogP contribution is -2.49. The highest BCUT2D eigenvalue weighted by molar-refractivity contribution is 5.83. The molecule has 0 aromatic heterocycles. The van der Waals surface area contributed by atoms with Crippen LogP contribution >= 0.6 is 0 Å². The summed E-state index contributed by atoms with van der Waals surface area (Å²) in [5.41, 5.74) is 4.99. The van der Waals surface area contributed by atoms with Gasteiger partial charge in [-0.3, -0.25) is 4.79 Å². The fraction of sp³-hybridized carbons (Fsp3) is 0.786. The fourth-order valence-electron chi connectivity index (χ4n) is 2.02. The van der Waals surface area contributed by atoms with Gasteiger partial charge in [0.25, 0.3) is 0 Å². The lowest BCUT2D eigenvalue weighted by Gasteiger charge is -2.20. The topological polar surface area (TPSA) is 122 Å². The summed E-state index contributed by atoms with van der Waals surface area (Å²) in [4.78, 5) is 33.6. The Morgan fingerprint density at radius 2 is 1.71 bits per heavy atom. The molecule has 7 nitrogen and oxygen atoms in total. The predicted octanol–water partition coefficient (Wildman–Crippen LogP) is 1.36. The number of unbranched alkanes of at least 4 members (excludes halogenated alkanes) is 1. The zero-order valence-electron chi connectivity index (χ0n) is 12.9. The molecule has 122 valence electrons. The van der Waals surface area contributed by atoms with E-state index in [1.54, 1.807) is 0 Å². The van der Waals surface area contributed by atoms with Crippen molar-refractivity contribution in [2.24, 2.45) is 5.73 Å². The zero-order valence-corrected chi connectivity index (χ0v) is 12.9. The van der Waals surface area contributed by atoms with Crippen LogP contribution in [0, 0.1) is 0 Å². The van der Waals surface area contributed by atoms with Gasteiger partial charge in [-0.15, -0.1) is 0 Å². The Morgan fingerprint density at radius 3 is 2.19 bits per heavy atom. The van der Waals surface area contributed by atoms with Gasteiger partial charge in [-0.25, -0.2) is 9.59 Å². The van der Waals surface area contributed by atoms with Crippen molar-refractivity contribution in [2.45, 2.75) is 70.9 Å². The van der Waals surface area contributed by atoms with Crippen LogP contribution in [0.2, 0.25) is 0 Å². The van der Waals surface area contributed by atoms with Crippen LogP contribution in [0.1, 0.15) is 58.8 Å². The largest absolute Gasteiger partial charge is 0.480 e. The van der Waals surface area contributed by atoms with Crippen molar-refractivity contribution in [3.63, 3.8) is 0 Å². The monoisotopic (exact) mass is 301 g/mol. The summed E-state index contributed by atoms with van der Waals surface area (Å²) in [6, 6.07) is -1.58. The Kier molecular flexibility index (Phi) is 10.0. The van der Waals surface area contributed by atoms with Gasteiger partial charge in [0.05, 0.1) is 0 Å². The van der Waals surface area contributed by atoms with Gasteiger partial charge in [0.15, 0.2) is 0 Å². The van der Waals surface area contributed by atoms with E-state index in [0.717, 1.165) is 32.1 Å². The van der Waals surface area contributed by atoms with Crippen LogP contribution in [-0.2, 0) is 9.59 Å². The number of nitrogens with two attached hydrogens (primary N) is 1. The van der Waals surface area contributed by atoms with E-state index >= 15 is 0 Å². The highest BCUT2D eigenvalue weighted by Gasteiger charge is 2.21. The van der Waals surface area contributed by atoms with Crippen LogP contribution < -0.4 is 16.4 Å². The molecule has 0 aromatic rings. The predicted molar refractivity (Wildman–Crippen MR) is 79.7 cm³/mol. The first kappa shape index (κ1) is 19.2. The smallest absolute Gasteiger partial charge is 0.326 e. The molecule has 0 saturated carbocycles. The van der Waals surface area contributed by atoms with Crippen LogP contribution in [0.3, 0.4) is 0 Å². The molecule has 3 amide bonds. The quantitative estimate of drug-likeness (QED) is 0.460. The molecule has 0 aliphatic carbocycles. The Bertz CT molecular complexity index is 347. The second-order valence-corrected chi connectivity index (χ2v) is 5.14.